The summed E-state index contributed by atoms with van der Waals surface area (Å²) < 4.78 is 11.3. The minimum atomic E-state index is -0.571. The third-order valence-corrected chi connectivity index (χ3v) is 4.55. The van der Waals surface area contributed by atoms with Gasteiger partial charge in [-0.3, -0.25) is 4.79 Å². The lowest BCUT2D eigenvalue weighted by Crippen LogP contribution is -2.19. The minimum Gasteiger partial charge on any atom is -0.497 e. The SMILES string of the molecule is COc1cccc(-c2c(C(=O)NN=CC(C)=Cc3ccccc3)nnn2-c2nonc2N)c1. The standard InChI is InChI=1S/C22H20N8O3/c1-14(11-15-7-4-3-5-8-15)13-24-26-22(31)18-19(16-9-6-10-17(12-16)32-2)30(29-25-18)21-20(23)27-33-28-21/h3-13H,1-2H3,(H2,23,27)(H,26,31). The topological polar surface area (TPSA) is 146 Å². The number of ether oxygens (including phenoxy) is 1. The Bertz CT molecular complexity index is 1320. The van der Waals surface area contributed by atoms with E-state index in [0.29, 0.717) is 17.0 Å². The smallest absolute Gasteiger partial charge is 0.294 e. The predicted octanol–water partition coefficient (Wildman–Crippen LogP) is 2.73. The van der Waals surface area contributed by atoms with Gasteiger partial charge in [0, 0.05) is 5.56 Å². The average Bonchev–Trinajstić information content (AvgIpc) is 3.45. The average molecular weight is 444 g/mol. The Morgan fingerprint density at radius 3 is 2.73 bits per heavy atom. The van der Waals surface area contributed by atoms with Gasteiger partial charge in [0.2, 0.25) is 11.6 Å². The molecule has 2 aromatic heterocycles. The lowest BCUT2D eigenvalue weighted by molar-refractivity contribution is 0.0950. The maximum absolute atomic E-state index is 12.9. The summed E-state index contributed by atoms with van der Waals surface area (Å²) in [6, 6.07) is 16.8. The Morgan fingerprint density at radius 1 is 1.18 bits per heavy atom. The third-order valence-electron chi connectivity index (χ3n) is 4.55. The van der Waals surface area contributed by atoms with Crippen LogP contribution in [0.4, 0.5) is 5.82 Å². The summed E-state index contributed by atoms with van der Waals surface area (Å²) in [5, 5.41) is 19.4. The largest absolute Gasteiger partial charge is 0.497 e. The van der Waals surface area contributed by atoms with E-state index in [1.807, 2.05) is 43.3 Å². The highest BCUT2D eigenvalue weighted by Crippen LogP contribution is 2.28. The Kier molecular flexibility index (Phi) is 6.21. The van der Waals surface area contributed by atoms with Crippen LogP contribution >= 0.6 is 0 Å². The molecule has 0 saturated carbocycles. The molecule has 4 aromatic rings. The molecule has 0 aliphatic heterocycles. The van der Waals surface area contributed by atoms with Gasteiger partial charge >= 0.3 is 0 Å². The molecule has 11 nitrogen and oxygen atoms in total. The number of nitrogens with one attached hydrogen (secondary N) is 1. The summed E-state index contributed by atoms with van der Waals surface area (Å²) in [4.78, 5) is 12.9. The molecule has 4 rings (SSSR count). The number of allylic oxidation sites excluding steroid dienone is 1. The maximum atomic E-state index is 12.9. The highest BCUT2D eigenvalue weighted by atomic mass is 16.6. The van der Waals surface area contributed by atoms with E-state index in [1.165, 1.54) is 4.68 Å². The summed E-state index contributed by atoms with van der Waals surface area (Å²) >= 11 is 0. The molecule has 0 bridgehead atoms. The molecule has 2 heterocycles. The van der Waals surface area contributed by atoms with Gasteiger partial charge in [0.15, 0.2) is 5.69 Å². The monoisotopic (exact) mass is 444 g/mol. The molecule has 1 amide bonds. The highest BCUT2D eigenvalue weighted by molar-refractivity contribution is 5.99. The first-order valence-corrected chi connectivity index (χ1v) is 9.82. The molecule has 0 spiro atoms. The van der Waals surface area contributed by atoms with Crippen molar-refractivity contribution in [3.05, 3.63) is 71.4 Å². The van der Waals surface area contributed by atoms with Crippen LogP contribution in [0.5, 0.6) is 5.75 Å². The molecule has 0 saturated heterocycles. The van der Waals surface area contributed by atoms with Gasteiger partial charge in [0.1, 0.15) is 11.4 Å². The van der Waals surface area contributed by atoms with E-state index in [4.69, 9.17) is 10.5 Å². The van der Waals surface area contributed by atoms with Crippen LogP contribution in [-0.2, 0) is 0 Å². The quantitative estimate of drug-likeness (QED) is 0.327. The van der Waals surface area contributed by atoms with Gasteiger partial charge in [-0.15, -0.1) is 5.10 Å². The molecule has 0 unspecified atom stereocenters. The van der Waals surface area contributed by atoms with Gasteiger partial charge in [-0.05, 0) is 40.5 Å². The van der Waals surface area contributed by atoms with Gasteiger partial charge in [-0.25, -0.2) is 10.1 Å². The first-order chi connectivity index (χ1) is 16.1. The summed E-state index contributed by atoms with van der Waals surface area (Å²) in [5.41, 5.74) is 11.1. The van der Waals surface area contributed by atoms with Crippen LogP contribution in [0, 0.1) is 0 Å². The first kappa shape index (κ1) is 21.4. The number of hydrogen-bond donors (Lipinski definition) is 2. The van der Waals surface area contributed by atoms with E-state index in [-0.39, 0.29) is 17.3 Å². The van der Waals surface area contributed by atoms with Crippen LogP contribution < -0.4 is 15.9 Å². The van der Waals surface area contributed by atoms with E-state index in [1.54, 1.807) is 37.6 Å². The van der Waals surface area contributed by atoms with Gasteiger partial charge in [0.05, 0.1) is 13.3 Å². The molecule has 0 fully saturated rings. The molecule has 11 heteroatoms. The van der Waals surface area contributed by atoms with E-state index >= 15 is 0 Å². The van der Waals surface area contributed by atoms with Gasteiger partial charge in [-0.1, -0.05) is 53.8 Å². The molecule has 33 heavy (non-hydrogen) atoms. The maximum Gasteiger partial charge on any atom is 0.294 e. The number of hydrazone groups is 1. The van der Waals surface area contributed by atoms with Crippen molar-refractivity contribution >= 4 is 24.0 Å². The van der Waals surface area contributed by atoms with Crippen molar-refractivity contribution in [2.24, 2.45) is 5.10 Å². The summed E-state index contributed by atoms with van der Waals surface area (Å²) in [6.07, 6.45) is 3.48. The number of nitrogens with zero attached hydrogens (tertiary/aromatic N) is 6. The Morgan fingerprint density at radius 2 is 2.00 bits per heavy atom. The number of nitrogen functional groups attached to an aromatic ring is 1. The second-order valence-electron chi connectivity index (χ2n) is 6.90. The fourth-order valence-electron chi connectivity index (χ4n) is 3.05. The summed E-state index contributed by atoms with van der Waals surface area (Å²) in [5.74, 6) is 0.107. The number of benzene rings is 2. The molecule has 166 valence electrons. The lowest BCUT2D eigenvalue weighted by Gasteiger charge is -2.07. The second kappa shape index (κ2) is 9.56. The number of anilines is 1. The van der Waals surface area contributed by atoms with E-state index < -0.39 is 5.91 Å². The molecule has 0 atom stereocenters. The van der Waals surface area contributed by atoms with Gasteiger partial charge in [-0.2, -0.15) is 9.78 Å². The molecule has 3 N–H and O–H groups in total. The number of carbonyl (C=O) groups is 1. The second-order valence-corrected chi connectivity index (χ2v) is 6.90. The number of aromatic nitrogens is 5. The Hall–Kier alpha value is -4.80. The van der Waals surface area contributed by atoms with Crippen molar-refractivity contribution < 1.29 is 14.2 Å². The number of nitrogens with two attached hydrogens (primary N) is 1. The van der Waals surface area contributed by atoms with Crippen LogP contribution in [-0.4, -0.2) is 44.5 Å². The van der Waals surface area contributed by atoms with Crippen molar-refractivity contribution in [2.45, 2.75) is 6.92 Å². The fraction of sp³-hybridized carbons (Fsp3) is 0.0909. The number of methoxy groups -OCH3 is 1. The van der Waals surface area contributed by atoms with Crippen molar-refractivity contribution in [3.8, 4) is 22.8 Å². The van der Waals surface area contributed by atoms with E-state index in [2.05, 4.69) is 35.8 Å². The van der Waals surface area contributed by atoms with Crippen LogP contribution in [0.1, 0.15) is 23.0 Å². The zero-order chi connectivity index (χ0) is 23.2. The minimum absolute atomic E-state index is 0.00398. The van der Waals surface area contributed by atoms with Crippen molar-refractivity contribution in [1.29, 1.82) is 0 Å². The Labute approximate surface area is 188 Å². The molecular weight excluding hydrogens is 424 g/mol. The van der Waals surface area contributed by atoms with Crippen molar-refractivity contribution in [3.63, 3.8) is 0 Å². The van der Waals surface area contributed by atoms with Crippen LogP contribution in [0.3, 0.4) is 0 Å². The molecular formula is C22H20N8O3. The van der Waals surface area contributed by atoms with Crippen LogP contribution in [0.15, 0.2) is 69.9 Å². The normalized spacial score (nSPS) is 11.6. The molecule has 2 aromatic carbocycles. The van der Waals surface area contributed by atoms with Crippen molar-refractivity contribution in [1.82, 2.24) is 30.7 Å². The van der Waals surface area contributed by atoms with Crippen LogP contribution in [0.25, 0.3) is 23.2 Å². The van der Waals surface area contributed by atoms with Gasteiger partial charge < -0.3 is 10.5 Å². The van der Waals surface area contributed by atoms with E-state index in [0.717, 1.165) is 11.1 Å². The number of carbonyl (C=O) groups excluding carboxylic acids is 1. The van der Waals surface area contributed by atoms with Crippen molar-refractivity contribution in [2.75, 3.05) is 12.8 Å². The zero-order valence-corrected chi connectivity index (χ0v) is 17.8. The number of amides is 1. The summed E-state index contributed by atoms with van der Waals surface area (Å²) in [6.45, 7) is 1.88. The first-order valence-electron chi connectivity index (χ1n) is 9.82. The van der Waals surface area contributed by atoms with Crippen LogP contribution in [0.2, 0.25) is 0 Å². The van der Waals surface area contributed by atoms with Gasteiger partial charge in [0.25, 0.3) is 5.91 Å². The number of rotatable bonds is 7. The highest BCUT2D eigenvalue weighted by Gasteiger charge is 2.25. The molecule has 0 aliphatic rings. The summed E-state index contributed by atoms with van der Waals surface area (Å²) in [7, 11) is 1.54. The predicted molar refractivity (Wildman–Crippen MR) is 122 cm³/mol. The van der Waals surface area contributed by atoms with E-state index in [9.17, 15) is 4.79 Å². The fourth-order valence-corrected chi connectivity index (χ4v) is 3.05. The zero-order valence-electron chi connectivity index (χ0n) is 17.8. The molecule has 0 radical (unpaired) electrons. The molecule has 0 aliphatic carbocycles. The lowest BCUT2D eigenvalue weighted by atomic mass is 10.1. The number of hydrogen-bond acceptors (Lipinski definition) is 9. The Balaban J connectivity index is 1.64. The third kappa shape index (κ3) is 4.77.